The Morgan fingerprint density at radius 1 is 0.867 bits per heavy atom. The molecule has 1 heterocycles. The van der Waals surface area contributed by atoms with E-state index in [1.54, 1.807) is 19.1 Å². The summed E-state index contributed by atoms with van der Waals surface area (Å²) in [6.45, 7) is 2.13. The SMILES string of the molecule is CCN(C)C(=O)c1cc2c(cc1F)OC(c1ccccc1F)(c1ccccc1F)O2. The topological polar surface area (TPSA) is 38.8 Å². The molecule has 0 spiro atoms. The maximum Gasteiger partial charge on any atom is 0.311 e. The Balaban J connectivity index is 1.89. The Kier molecular flexibility index (Phi) is 4.89. The number of nitrogens with zero attached hydrogens (tertiary/aromatic N) is 1. The number of fused-ring (bicyclic) bond motifs is 1. The number of benzene rings is 3. The van der Waals surface area contributed by atoms with Crippen molar-refractivity contribution in [3.8, 4) is 11.5 Å². The number of amides is 1. The first-order chi connectivity index (χ1) is 14.4. The molecule has 3 aromatic rings. The largest absolute Gasteiger partial charge is 0.440 e. The summed E-state index contributed by atoms with van der Waals surface area (Å²) in [7, 11) is 1.54. The lowest BCUT2D eigenvalue weighted by atomic mass is 9.96. The molecule has 30 heavy (non-hydrogen) atoms. The molecule has 3 aromatic carbocycles. The molecule has 7 heteroatoms. The number of halogens is 3. The van der Waals surface area contributed by atoms with Crippen molar-refractivity contribution < 1.29 is 27.4 Å². The zero-order chi connectivity index (χ0) is 21.5. The summed E-state index contributed by atoms with van der Waals surface area (Å²) in [5, 5.41) is 0. The van der Waals surface area contributed by atoms with Gasteiger partial charge in [0.25, 0.3) is 5.91 Å². The molecule has 0 N–H and O–H groups in total. The molecule has 0 fully saturated rings. The minimum atomic E-state index is -2.01. The van der Waals surface area contributed by atoms with Gasteiger partial charge in [-0.3, -0.25) is 4.79 Å². The minimum absolute atomic E-state index is 0.00996. The molecule has 4 rings (SSSR count). The van der Waals surface area contributed by atoms with Gasteiger partial charge in [-0.15, -0.1) is 0 Å². The first-order valence-electron chi connectivity index (χ1n) is 9.34. The lowest BCUT2D eigenvalue weighted by Crippen LogP contribution is -2.38. The fraction of sp³-hybridized carbons (Fsp3) is 0.174. The van der Waals surface area contributed by atoms with Crippen LogP contribution in [0.4, 0.5) is 13.2 Å². The van der Waals surface area contributed by atoms with Crippen molar-refractivity contribution in [2.24, 2.45) is 0 Å². The number of rotatable bonds is 4. The molecule has 0 unspecified atom stereocenters. The molecule has 0 aliphatic carbocycles. The fourth-order valence-electron chi connectivity index (χ4n) is 3.36. The van der Waals surface area contributed by atoms with Crippen LogP contribution in [-0.2, 0) is 5.79 Å². The second kappa shape index (κ2) is 7.40. The van der Waals surface area contributed by atoms with Crippen molar-refractivity contribution in [1.29, 1.82) is 0 Å². The first kappa shape index (κ1) is 19.8. The minimum Gasteiger partial charge on any atom is -0.440 e. The van der Waals surface area contributed by atoms with Gasteiger partial charge in [-0.05, 0) is 37.3 Å². The summed E-state index contributed by atoms with van der Waals surface area (Å²) in [5.74, 6) is -4.79. The van der Waals surface area contributed by atoms with E-state index in [9.17, 15) is 18.0 Å². The van der Waals surface area contributed by atoms with Gasteiger partial charge in [-0.25, -0.2) is 13.2 Å². The van der Waals surface area contributed by atoms with Crippen molar-refractivity contribution in [2.75, 3.05) is 13.6 Å². The van der Waals surface area contributed by atoms with E-state index in [1.807, 2.05) is 0 Å². The third-order valence-electron chi connectivity index (χ3n) is 5.05. The number of hydrogen-bond donors (Lipinski definition) is 0. The van der Waals surface area contributed by atoms with Crippen LogP contribution in [0.1, 0.15) is 28.4 Å². The van der Waals surface area contributed by atoms with Crippen molar-refractivity contribution >= 4 is 5.91 Å². The van der Waals surface area contributed by atoms with E-state index in [0.717, 1.165) is 6.07 Å². The van der Waals surface area contributed by atoms with E-state index in [1.165, 1.54) is 54.4 Å². The van der Waals surface area contributed by atoms with Crippen LogP contribution in [0.25, 0.3) is 0 Å². The standard InChI is InChI=1S/C23H18F3NO3/c1-3-27(2)22(28)14-12-20-21(13-19(14)26)30-23(29-20,15-8-4-6-10-17(15)24)16-9-5-7-11-18(16)25/h4-13H,3H2,1-2H3. The maximum atomic E-state index is 14.7. The Morgan fingerprint density at radius 3 is 1.87 bits per heavy atom. The molecule has 1 aliphatic heterocycles. The highest BCUT2D eigenvalue weighted by Crippen LogP contribution is 2.49. The molecule has 154 valence electrons. The predicted molar refractivity (Wildman–Crippen MR) is 104 cm³/mol. The van der Waals surface area contributed by atoms with Crippen LogP contribution < -0.4 is 9.47 Å². The molecule has 1 amide bonds. The van der Waals surface area contributed by atoms with Crippen LogP contribution in [0.3, 0.4) is 0 Å². The molecule has 0 radical (unpaired) electrons. The highest BCUT2D eigenvalue weighted by Gasteiger charge is 2.49. The molecule has 0 bridgehead atoms. The average Bonchev–Trinajstić information content (AvgIpc) is 3.11. The van der Waals surface area contributed by atoms with Gasteiger partial charge in [-0.1, -0.05) is 24.3 Å². The number of hydrogen-bond acceptors (Lipinski definition) is 3. The molecule has 0 saturated heterocycles. The first-order valence-corrected chi connectivity index (χ1v) is 9.34. The summed E-state index contributed by atoms with van der Waals surface area (Å²) < 4.78 is 56.0. The smallest absolute Gasteiger partial charge is 0.311 e. The molecule has 0 atom stereocenters. The van der Waals surface area contributed by atoms with E-state index in [4.69, 9.17) is 9.47 Å². The number of ether oxygens (including phenoxy) is 2. The van der Waals surface area contributed by atoms with Crippen LogP contribution in [0, 0.1) is 17.5 Å². The second-order valence-corrected chi connectivity index (χ2v) is 6.88. The van der Waals surface area contributed by atoms with Crippen LogP contribution in [0.15, 0.2) is 60.7 Å². The molecule has 1 aliphatic rings. The molecule has 0 saturated carbocycles. The Hall–Kier alpha value is -3.48. The Labute approximate surface area is 171 Å². The summed E-state index contributed by atoms with van der Waals surface area (Å²) in [6, 6.07) is 13.5. The highest BCUT2D eigenvalue weighted by molar-refractivity contribution is 5.95. The molecule has 0 aromatic heterocycles. The monoisotopic (exact) mass is 413 g/mol. The lowest BCUT2D eigenvalue weighted by Gasteiger charge is -2.29. The van der Waals surface area contributed by atoms with Gasteiger partial charge in [0.05, 0.1) is 16.7 Å². The molecule has 4 nitrogen and oxygen atoms in total. The van der Waals surface area contributed by atoms with Crippen molar-refractivity contribution in [1.82, 2.24) is 4.90 Å². The van der Waals surface area contributed by atoms with Gasteiger partial charge < -0.3 is 14.4 Å². The summed E-state index contributed by atoms with van der Waals surface area (Å²) in [6.07, 6.45) is 0. The fourth-order valence-corrected chi connectivity index (χ4v) is 3.36. The number of carbonyl (C=O) groups excluding carboxylic acids is 1. The number of carbonyl (C=O) groups is 1. The van der Waals surface area contributed by atoms with E-state index in [-0.39, 0.29) is 28.2 Å². The lowest BCUT2D eigenvalue weighted by molar-refractivity contribution is -0.0515. The predicted octanol–water partition coefficient (Wildman–Crippen LogP) is 4.87. The summed E-state index contributed by atoms with van der Waals surface area (Å²) >= 11 is 0. The molecular formula is C23H18F3NO3. The van der Waals surface area contributed by atoms with Crippen LogP contribution in [0.2, 0.25) is 0 Å². The third kappa shape index (κ3) is 3.07. The highest BCUT2D eigenvalue weighted by atomic mass is 19.1. The zero-order valence-corrected chi connectivity index (χ0v) is 16.3. The van der Waals surface area contributed by atoms with Crippen molar-refractivity contribution in [3.05, 3.63) is 94.8 Å². The maximum absolute atomic E-state index is 14.7. The van der Waals surface area contributed by atoms with Crippen molar-refractivity contribution in [2.45, 2.75) is 12.7 Å². The van der Waals surface area contributed by atoms with E-state index < -0.39 is 29.1 Å². The van der Waals surface area contributed by atoms with Gasteiger partial charge in [0.1, 0.15) is 17.5 Å². The normalized spacial score (nSPS) is 13.9. The average molecular weight is 413 g/mol. The zero-order valence-electron chi connectivity index (χ0n) is 16.3. The quantitative estimate of drug-likeness (QED) is 0.613. The summed E-state index contributed by atoms with van der Waals surface area (Å²) in [4.78, 5) is 13.8. The van der Waals surface area contributed by atoms with E-state index in [2.05, 4.69) is 0 Å². The van der Waals surface area contributed by atoms with Gasteiger partial charge in [-0.2, -0.15) is 0 Å². The van der Waals surface area contributed by atoms with Crippen LogP contribution in [-0.4, -0.2) is 24.4 Å². The second-order valence-electron chi connectivity index (χ2n) is 6.88. The summed E-state index contributed by atoms with van der Waals surface area (Å²) in [5.41, 5.74) is -0.380. The Bertz CT molecular complexity index is 1090. The van der Waals surface area contributed by atoms with Gasteiger partial charge >= 0.3 is 5.79 Å². The Morgan fingerprint density at radius 2 is 1.37 bits per heavy atom. The van der Waals surface area contributed by atoms with Crippen LogP contribution >= 0.6 is 0 Å². The van der Waals surface area contributed by atoms with Gasteiger partial charge in [0.2, 0.25) is 0 Å². The third-order valence-corrected chi connectivity index (χ3v) is 5.05. The van der Waals surface area contributed by atoms with Gasteiger partial charge in [0.15, 0.2) is 11.5 Å². The van der Waals surface area contributed by atoms with Crippen LogP contribution in [0.5, 0.6) is 11.5 Å². The van der Waals surface area contributed by atoms with E-state index in [0.29, 0.717) is 6.54 Å². The van der Waals surface area contributed by atoms with E-state index >= 15 is 0 Å². The van der Waals surface area contributed by atoms with Crippen molar-refractivity contribution in [3.63, 3.8) is 0 Å². The molecular weight excluding hydrogens is 395 g/mol. The van der Waals surface area contributed by atoms with Gasteiger partial charge in [0, 0.05) is 19.7 Å².